The second-order valence-corrected chi connectivity index (χ2v) is 7.03. The molecule has 1 rings (SSSR count). The van der Waals surface area contributed by atoms with Crippen molar-refractivity contribution < 1.29 is 23.1 Å². The highest BCUT2D eigenvalue weighted by Gasteiger charge is 2.17. The molecule has 1 N–H and O–H groups in total. The smallest absolute Gasteiger partial charge is 0.303 e. The van der Waals surface area contributed by atoms with E-state index in [0.29, 0.717) is 36.3 Å². The van der Waals surface area contributed by atoms with Gasteiger partial charge in [0, 0.05) is 17.1 Å². The standard InChI is InChI=1S/C13H17ClO5S/c1-9-7-11(19-6-4-3-5-12(15)16)8-10(2)13(9)20(14,17)18/h7-8H,3-6H2,1-2H3,(H,15,16). The average Bonchev–Trinajstić information content (AvgIpc) is 2.24. The molecule has 0 fully saturated rings. The summed E-state index contributed by atoms with van der Waals surface area (Å²) in [6.07, 6.45) is 1.28. The van der Waals surface area contributed by atoms with Crippen LogP contribution in [0.2, 0.25) is 0 Å². The van der Waals surface area contributed by atoms with Crippen molar-refractivity contribution in [2.24, 2.45) is 0 Å². The lowest BCUT2D eigenvalue weighted by Gasteiger charge is -2.11. The number of carboxylic acid groups (broad SMARTS) is 1. The fourth-order valence-corrected chi connectivity index (χ4v) is 3.56. The first-order valence-corrected chi connectivity index (χ1v) is 8.43. The Morgan fingerprint density at radius 2 is 1.80 bits per heavy atom. The summed E-state index contributed by atoms with van der Waals surface area (Å²) >= 11 is 0. The van der Waals surface area contributed by atoms with E-state index < -0.39 is 15.0 Å². The van der Waals surface area contributed by atoms with Crippen LogP contribution in [-0.4, -0.2) is 26.1 Å². The summed E-state index contributed by atoms with van der Waals surface area (Å²) < 4.78 is 28.3. The number of benzene rings is 1. The number of halogens is 1. The van der Waals surface area contributed by atoms with Gasteiger partial charge in [0.2, 0.25) is 0 Å². The zero-order valence-corrected chi connectivity index (χ0v) is 12.9. The third kappa shape index (κ3) is 5.02. The fraction of sp³-hybridized carbons (Fsp3) is 0.462. The molecule has 0 heterocycles. The summed E-state index contributed by atoms with van der Waals surface area (Å²) in [6, 6.07) is 3.22. The molecule has 0 amide bonds. The SMILES string of the molecule is Cc1cc(OCCCCC(=O)O)cc(C)c1S(=O)(=O)Cl. The molecular weight excluding hydrogens is 304 g/mol. The third-order valence-electron chi connectivity index (χ3n) is 2.73. The van der Waals surface area contributed by atoms with Crippen molar-refractivity contribution in [2.45, 2.75) is 38.0 Å². The normalized spacial score (nSPS) is 11.3. The van der Waals surface area contributed by atoms with Crippen molar-refractivity contribution in [3.8, 4) is 5.75 Å². The number of carboxylic acids is 1. The predicted molar refractivity (Wildman–Crippen MR) is 75.9 cm³/mol. The summed E-state index contributed by atoms with van der Waals surface area (Å²) in [4.78, 5) is 10.5. The minimum atomic E-state index is -3.77. The van der Waals surface area contributed by atoms with Gasteiger partial charge in [-0.15, -0.1) is 0 Å². The highest BCUT2D eigenvalue weighted by molar-refractivity contribution is 8.13. The van der Waals surface area contributed by atoms with Crippen molar-refractivity contribution in [1.82, 2.24) is 0 Å². The summed E-state index contributed by atoms with van der Waals surface area (Å²) in [5, 5.41) is 8.50. The lowest BCUT2D eigenvalue weighted by atomic mass is 10.1. The first-order chi connectivity index (χ1) is 9.21. The van der Waals surface area contributed by atoms with Crippen LogP contribution in [0.4, 0.5) is 0 Å². The van der Waals surface area contributed by atoms with Crippen LogP contribution in [0.1, 0.15) is 30.4 Å². The van der Waals surface area contributed by atoms with Crippen molar-refractivity contribution >= 4 is 25.7 Å². The van der Waals surface area contributed by atoms with Crippen LogP contribution >= 0.6 is 10.7 Å². The van der Waals surface area contributed by atoms with Crippen molar-refractivity contribution in [1.29, 1.82) is 0 Å². The van der Waals surface area contributed by atoms with Gasteiger partial charge in [0.15, 0.2) is 0 Å². The van der Waals surface area contributed by atoms with E-state index in [1.165, 1.54) is 0 Å². The topological polar surface area (TPSA) is 80.7 Å². The van der Waals surface area contributed by atoms with Crippen LogP contribution in [0.3, 0.4) is 0 Å². The molecule has 0 spiro atoms. The van der Waals surface area contributed by atoms with Gasteiger partial charge < -0.3 is 9.84 Å². The van der Waals surface area contributed by atoms with Gasteiger partial charge in [-0.3, -0.25) is 4.79 Å². The largest absolute Gasteiger partial charge is 0.494 e. The summed E-state index contributed by atoms with van der Waals surface area (Å²) in [5.41, 5.74) is 1.06. The van der Waals surface area contributed by atoms with Crippen LogP contribution in [0.5, 0.6) is 5.75 Å². The van der Waals surface area contributed by atoms with Crippen LogP contribution in [0.15, 0.2) is 17.0 Å². The van der Waals surface area contributed by atoms with Crippen LogP contribution in [-0.2, 0) is 13.8 Å². The van der Waals surface area contributed by atoms with Gasteiger partial charge in [-0.1, -0.05) is 0 Å². The molecule has 0 aliphatic heterocycles. The third-order valence-corrected chi connectivity index (χ3v) is 4.33. The molecule has 20 heavy (non-hydrogen) atoms. The number of carbonyl (C=O) groups is 1. The van der Waals surface area contributed by atoms with Crippen LogP contribution < -0.4 is 4.74 Å². The van der Waals surface area contributed by atoms with E-state index in [1.807, 2.05) is 0 Å². The second-order valence-electron chi connectivity index (χ2n) is 4.52. The number of rotatable bonds is 7. The number of hydrogen-bond acceptors (Lipinski definition) is 4. The zero-order chi connectivity index (χ0) is 15.3. The maximum atomic E-state index is 11.4. The number of ether oxygens (including phenoxy) is 1. The van der Waals surface area contributed by atoms with Gasteiger partial charge in [-0.05, 0) is 49.9 Å². The Kier molecular flexibility index (Phi) is 5.83. The molecule has 0 unspecified atom stereocenters. The molecule has 1 aromatic carbocycles. The number of aryl methyl sites for hydroxylation is 2. The predicted octanol–water partition coefficient (Wildman–Crippen LogP) is 2.86. The van der Waals surface area contributed by atoms with E-state index in [4.69, 9.17) is 20.5 Å². The molecule has 0 aliphatic carbocycles. The van der Waals surface area contributed by atoms with Crippen molar-refractivity contribution in [2.75, 3.05) is 6.61 Å². The van der Waals surface area contributed by atoms with Crippen LogP contribution in [0.25, 0.3) is 0 Å². The monoisotopic (exact) mass is 320 g/mol. The lowest BCUT2D eigenvalue weighted by Crippen LogP contribution is -2.03. The molecule has 112 valence electrons. The highest BCUT2D eigenvalue weighted by Crippen LogP contribution is 2.28. The highest BCUT2D eigenvalue weighted by atomic mass is 35.7. The number of unbranched alkanes of at least 4 members (excludes halogenated alkanes) is 1. The Balaban J connectivity index is 2.68. The molecule has 0 saturated carbocycles. The van der Waals surface area contributed by atoms with E-state index in [0.717, 1.165) is 0 Å². The lowest BCUT2D eigenvalue weighted by molar-refractivity contribution is -0.137. The summed E-state index contributed by atoms with van der Waals surface area (Å²) in [5.74, 6) is -0.271. The van der Waals surface area contributed by atoms with E-state index in [9.17, 15) is 13.2 Å². The maximum Gasteiger partial charge on any atom is 0.303 e. The Labute approximate surface area is 122 Å². The molecule has 0 saturated heterocycles. The first kappa shape index (κ1) is 16.8. The van der Waals surface area contributed by atoms with Gasteiger partial charge in [0.1, 0.15) is 5.75 Å². The van der Waals surface area contributed by atoms with Crippen molar-refractivity contribution in [3.05, 3.63) is 23.3 Å². The maximum absolute atomic E-state index is 11.4. The van der Waals surface area contributed by atoms with Gasteiger partial charge in [-0.2, -0.15) is 0 Å². The molecule has 0 aromatic heterocycles. The van der Waals surface area contributed by atoms with Gasteiger partial charge in [0.05, 0.1) is 11.5 Å². The summed E-state index contributed by atoms with van der Waals surface area (Å²) in [6.45, 7) is 3.69. The van der Waals surface area contributed by atoms with Gasteiger partial charge >= 0.3 is 5.97 Å². The molecule has 0 atom stereocenters. The summed E-state index contributed by atoms with van der Waals surface area (Å²) in [7, 11) is 1.60. The fourth-order valence-electron chi connectivity index (χ4n) is 1.95. The Hall–Kier alpha value is -1.27. The van der Waals surface area contributed by atoms with E-state index >= 15 is 0 Å². The number of aliphatic carboxylic acids is 1. The molecular formula is C13H17ClO5S. The Morgan fingerprint density at radius 1 is 1.25 bits per heavy atom. The minimum absolute atomic E-state index is 0.109. The molecule has 0 bridgehead atoms. The zero-order valence-electron chi connectivity index (χ0n) is 11.3. The minimum Gasteiger partial charge on any atom is -0.494 e. The molecule has 0 aliphatic rings. The van der Waals surface area contributed by atoms with Crippen LogP contribution in [0, 0.1) is 13.8 Å². The second kappa shape index (κ2) is 6.95. The van der Waals surface area contributed by atoms with Crippen molar-refractivity contribution in [3.63, 3.8) is 0 Å². The Morgan fingerprint density at radius 3 is 2.25 bits per heavy atom. The first-order valence-electron chi connectivity index (χ1n) is 6.12. The van der Waals surface area contributed by atoms with E-state index in [-0.39, 0.29) is 11.3 Å². The van der Waals surface area contributed by atoms with E-state index in [2.05, 4.69) is 0 Å². The number of hydrogen-bond donors (Lipinski definition) is 1. The molecule has 1 aromatic rings. The van der Waals surface area contributed by atoms with E-state index in [1.54, 1.807) is 26.0 Å². The molecule has 5 nitrogen and oxygen atoms in total. The van der Waals surface area contributed by atoms with Gasteiger partial charge in [-0.25, -0.2) is 8.42 Å². The average molecular weight is 321 g/mol. The van der Waals surface area contributed by atoms with Gasteiger partial charge in [0.25, 0.3) is 9.05 Å². The quantitative estimate of drug-likeness (QED) is 0.617. The molecule has 7 heteroatoms. The Bertz CT molecular complexity index is 572. The molecule has 0 radical (unpaired) electrons.